The van der Waals surface area contributed by atoms with Crippen LogP contribution in [-0.4, -0.2) is 55.0 Å². The third kappa shape index (κ3) is 8.23. The molecule has 0 bridgehead atoms. The van der Waals surface area contributed by atoms with Crippen LogP contribution in [0.25, 0.3) is 0 Å². The Morgan fingerprint density at radius 3 is 2.28 bits per heavy atom. The van der Waals surface area contributed by atoms with Crippen LogP contribution in [0.5, 0.6) is 5.75 Å². The molecule has 0 saturated carbocycles. The standard InChI is InChI=1S/C22H29N3O2.2ClH/c1-2-25(22(26)17-24-14-12-23-13-15-24)16-19-8-10-21(11-9-19)27-18-20-6-4-3-5-7-20;;/h3-11,23H,2,12-18H2,1H3;2*1H. The highest BCUT2D eigenvalue weighted by Gasteiger charge is 2.18. The number of likely N-dealkylation sites (N-methyl/N-ethyl adjacent to an activating group) is 1. The topological polar surface area (TPSA) is 44.8 Å². The summed E-state index contributed by atoms with van der Waals surface area (Å²) in [6, 6.07) is 18.2. The van der Waals surface area contributed by atoms with Crippen molar-refractivity contribution in [2.45, 2.75) is 20.1 Å². The molecule has 29 heavy (non-hydrogen) atoms. The molecule has 1 amide bonds. The summed E-state index contributed by atoms with van der Waals surface area (Å²) in [6.45, 7) is 8.27. The molecule has 5 nitrogen and oxygen atoms in total. The molecule has 0 radical (unpaired) electrons. The monoisotopic (exact) mass is 439 g/mol. The van der Waals surface area contributed by atoms with Crippen LogP contribution in [0, 0.1) is 0 Å². The van der Waals surface area contributed by atoms with Gasteiger partial charge in [0, 0.05) is 39.3 Å². The van der Waals surface area contributed by atoms with E-state index in [9.17, 15) is 4.79 Å². The van der Waals surface area contributed by atoms with Crippen LogP contribution < -0.4 is 10.1 Å². The highest BCUT2D eigenvalue weighted by atomic mass is 35.5. The predicted octanol–water partition coefficient (Wildman–Crippen LogP) is 3.36. The van der Waals surface area contributed by atoms with Gasteiger partial charge in [-0.05, 0) is 30.2 Å². The lowest BCUT2D eigenvalue weighted by atomic mass is 10.2. The average molecular weight is 440 g/mol. The van der Waals surface area contributed by atoms with Crippen molar-refractivity contribution in [2.75, 3.05) is 39.3 Å². The molecular weight excluding hydrogens is 409 g/mol. The summed E-state index contributed by atoms with van der Waals surface area (Å²) in [4.78, 5) is 16.8. The first-order valence-electron chi connectivity index (χ1n) is 9.71. The molecule has 160 valence electrons. The van der Waals surface area contributed by atoms with Crippen molar-refractivity contribution < 1.29 is 9.53 Å². The second kappa shape index (κ2) is 13.4. The normalized spacial score (nSPS) is 13.7. The van der Waals surface area contributed by atoms with Crippen molar-refractivity contribution >= 4 is 30.7 Å². The van der Waals surface area contributed by atoms with Crippen molar-refractivity contribution in [3.8, 4) is 5.75 Å². The Labute approximate surface area is 186 Å². The van der Waals surface area contributed by atoms with Gasteiger partial charge in [0.25, 0.3) is 0 Å². The summed E-state index contributed by atoms with van der Waals surface area (Å²) in [6.07, 6.45) is 0. The van der Waals surface area contributed by atoms with Crippen LogP contribution >= 0.6 is 24.8 Å². The number of nitrogens with zero attached hydrogens (tertiary/aromatic N) is 2. The number of halogens is 2. The van der Waals surface area contributed by atoms with Gasteiger partial charge in [-0.3, -0.25) is 9.69 Å². The highest BCUT2D eigenvalue weighted by molar-refractivity contribution is 5.85. The quantitative estimate of drug-likeness (QED) is 0.684. The zero-order chi connectivity index (χ0) is 18.9. The van der Waals surface area contributed by atoms with E-state index in [4.69, 9.17) is 4.74 Å². The van der Waals surface area contributed by atoms with E-state index < -0.39 is 0 Å². The van der Waals surface area contributed by atoms with E-state index >= 15 is 0 Å². The van der Waals surface area contributed by atoms with Gasteiger partial charge in [-0.2, -0.15) is 0 Å². The van der Waals surface area contributed by atoms with Crippen LogP contribution in [0.2, 0.25) is 0 Å². The van der Waals surface area contributed by atoms with Crippen LogP contribution in [-0.2, 0) is 17.9 Å². The molecule has 0 spiro atoms. The molecule has 1 saturated heterocycles. The molecule has 2 aromatic carbocycles. The van der Waals surface area contributed by atoms with Gasteiger partial charge in [-0.15, -0.1) is 24.8 Å². The maximum atomic E-state index is 12.6. The maximum Gasteiger partial charge on any atom is 0.237 e. The van der Waals surface area contributed by atoms with E-state index in [1.807, 2.05) is 54.3 Å². The second-order valence-corrected chi connectivity index (χ2v) is 6.85. The molecule has 7 heteroatoms. The first-order chi connectivity index (χ1) is 13.2. The Morgan fingerprint density at radius 1 is 1.00 bits per heavy atom. The lowest BCUT2D eigenvalue weighted by Gasteiger charge is -2.29. The second-order valence-electron chi connectivity index (χ2n) is 6.85. The minimum Gasteiger partial charge on any atom is -0.489 e. The molecule has 1 heterocycles. The molecule has 1 aliphatic rings. The molecule has 0 atom stereocenters. The van der Waals surface area contributed by atoms with E-state index in [1.165, 1.54) is 0 Å². The summed E-state index contributed by atoms with van der Waals surface area (Å²) < 4.78 is 5.83. The van der Waals surface area contributed by atoms with Gasteiger partial charge in [0.2, 0.25) is 5.91 Å². The van der Waals surface area contributed by atoms with Gasteiger partial charge in [-0.25, -0.2) is 0 Å². The number of amides is 1. The van der Waals surface area contributed by atoms with Crippen molar-refractivity contribution in [3.63, 3.8) is 0 Å². The van der Waals surface area contributed by atoms with Gasteiger partial charge in [-0.1, -0.05) is 42.5 Å². The molecule has 1 N–H and O–H groups in total. The third-order valence-corrected chi connectivity index (χ3v) is 4.85. The van der Waals surface area contributed by atoms with Crippen LogP contribution in [0.4, 0.5) is 0 Å². The van der Waals surface area contributed by atoms with Gasteiger partial charge < -0.3 is 15.0 Å². The number of nitrogens with one attached hydrogen (secondary N) is 1. The van der Waals surface area contributed by atoms with Gasteiger partial charge in [0.15, 0.2) is 0 Å². The molecule has 0 aromatic heterocycles. The summed E-state index contributed by atoms with van der Waals surface area (Å²) in [7, 11) is 0. The number of hydrogen-bond acceptors (Lipinski definition) is 4. The van der Waals surface area contributed by atoms with Crippen molar-refractivity contribution in [1.82, 2.24) is 15.1 Å². The van der Waals surface area contributed by atoms with Crippen molar-refractivity contribution in [1.29, 1.82) is 0 Å². The lowest BCUT2D eigenvalue weighted by molar-refractivity contribution is -0.133. The Balaban J connectivity index is 0.00000210. The molecule has 0 aliphatic carbocycles. The van der Waals surface area contributed by atoms with Crippen molar-refractivity contribution in [3.05, 3.63) is 65.7 Å². The third-order valence-electron chi connectivity index (χ3n) is 4.85. The number of rotatable bonds is 8. The molecule has 1 aliphatic heterocycles. The number of piperazine rings is 1. The van der Waals surface area contributed by atoms with Gasteiger partial charge >= 0.3 is 0 Å². The van der Waals surface area contributed by atoms with Crippen molar-refractivity contribution in [2.24, 2.45) is 0 Å². The summed E-state index contributed by atoms with van der Waals surface area (Å²) >= 11 is 0. The summed E-state index contributed by atoms with van der Waals surface area (Å²) in [5.41, 5.74) is 2.27. The number of carbonyl (C=O) groups is 1. The average Bonchev–Trinajstić information content (AvgIpc) is 2.73. The molecule has 1 fully saturated rings. The Bertz CT molecular complexity index is 708. The van der Waals surface area contributed by atoms with E-state index in [0.29, 0.717) is 19.7 Å². The van der Waals surface area contributed by atoms with Crippen LogP contribution in [0.3, 0.4) is 0 Å². The summed E-state index contributed by atoms with van der Waals surface area (Å²) in [5.74, 6) is 1.04. The highest BCUT2D eigenvalue weighted by Crippen LogP contribution is 2.16. The predicted molar refractivity (Wildman–Crippen MR) is 122 cm³/mol. The molecular formula is C22H31Cl2N3O2. The molecule has 2 aromatic rings. The van der Waals surface area contributed by atoms with E-state index in [0.717, 1.165) is 49.6 Å². The summed E-state index contributed by atoms with van der Waals surface area (Å²) in [5, 5.41) is 3.32. The minimum absolute atomic E-state index is 0. The number of hydrogen-bond donors (Lipinski definition) is 1. The van der Waals surface area contributed by atoms with Gasteiger partial charge in [0.05, 0.1) is 6.54 Å². The maximum absolute atomic E-state index is 12.6. The first-order valence-corrected chi connectivity index (χ1v) is 9.71. The Morgan fingerprint density at radius 2 is 1.66 bits per heavy atom. The van der Waals surface area contributed by atoms with E-state index in [1.54, 1.807) is 0 Å². The zero-order valence-corrected chi connectivity index (χ0v) is 18.5. The number of benzene rings is 2. The number of ether oxygens (including phenoxy) is 1. The molecule has 0 unspecified atom stereocenters. The van der Waals surface area contributed by atoms with E-state index in [2.05, 4.69) is 22.3 Å². The lowest BCUT2D eigenvalue weighted by Crippen LogP contribution is -2.48. The van der Waals surface area contributed by atoms with Crippen LogP contribution in [0.1, 0.15) is 18.1 Å². The minimum atomic E-state index is 0. The van der Waals surface area contributed by atoms with E-state index in [-0.39, 0.29) is 30.7 Å². The SMILES string of the molecule is CCN(Cc1ccc(OCc2ccccc2)cc1)C(=O)CN1CCNCC1.Cl.Cl. The fourth-order valence-corrected chi connectivity index (χ4v) is 3.19. The fourth-order valence-electron chi connectivity index (χ4n) is 3.19. The Hall–Kier alpha value is -1.79. The zero-order valence-electron chi connectivity index (χ0n) is 16.9. The Kier molecular flexibility index (Phi) is 11.7. The molecule has 3 rings (SSSR count). The largest absolute Gasteiger partial charge is 0.489 e. The first kappa shape index (κ1) is 25.2. The van der Waals surface area contributed by atoms with Crippen LogP contribution in [0.15, 0.2) is 54.6 Å². The fraction of sp³-hybridized carbons (Fsp3) is 0.409. The van der Waals surface area contributed by atoms with Gasteiger partial charge in [0.1, 0.15) is 12.4 Å². The number of carbonyl (C=O) groups excluding carboxylic acids is 1. The smallest absolute Gasteiger partial charge is 0.237 e.